The third-order valence-electron chi connectivity index (χ3n) is 5.09. The monoisotopic (exact) mass is 444 g/mol. The van der Waals surface area contributed by atoms with Crippen LogP contribution in [0.2, 0.25) is 0 Å². The number of urea groups is 1. The molecule has 8 nitrogen and oxygen atoms in total. The Morgan fingerprint density at radius 1 is 1.23 bits per heavy atom. The average Bonchev–Trinajstić information content (AvgIpc) is 3.46. The summed E-state index contributed by atoms with van der Waals surface area (Å²) in [5.74, 6) is -1.72. The van der Waals surface area contributed by atoms with E-state index in [0.717, 1.165) is 42.4 Å². The molecule has 0 spiro atoms. The summed E-state index contributed by atoms with van der Waals surface area (Å²) in [7, 11) is 0. The van der Waals surface area contributed by atoms with Crippen LogP contribution in [0.1, 0.15) is 41.0 Å². The van der Waals surface area contributed by atoms with Gasteiger partial charge in [0.1, 0.15) is 15.5 Å². The number of amides is 3. The molecule has 1 aromatic carbocycles. The van der Waals surface area contributed by atoms with Gasteiger partial charge in [0.25, 0.3) is 5.91 Å². The molecule has 3 aromatic rings. The van der Waals surface area contributed by atoms with Gasteiger partial charge in [-0.3, -0.25) is 10.1 Å². The average molecular weight is 444 g/mol. The minimum atomic E-state index is -0.696. The van der Waals surface area contributed by atoms with E-state index in [1.165, 1.54) is 12.1 Å². The topological polar surface area (TPSA) is 102 Å². The number of aromatic nitrogens is 2. The summed E-state index contributed by atoms with van der Waals surface area (Å²) in [6, 6.07) is 7.02. The van der Waals surface area contributed by atoms with Crippen molar-refractivity contribution < 1.29 is 23.5 Å². The molecular weight excluding hydrogens is 423 g/mol. The molecule has 3 amide bonds. The summed E-state index contributed by atoms with van der Waals surface area (Å²) in [4.78, 5) is 37.2. The second-order valence-electron chi connectivity index (χ2n) is 7.38. The summed E-state index contributed by atoms with van der Waals surface area (Å²) in [5.41, 5.74) is 1.37. The van der Waals surface area contributed by atoms with E-state index in [-0.39, 0.29) is 11.9 Å². The summed E-state index contributed by atoms with van der Waals surface area (Å²) in [6.45, 7) is 1.24. The van der Waals surface area contributed by atoms with Gasteiger partial charge < -0.3 is 10.1 Å². The van der Waals surface area contributed by atoms with Gasteiger partial charge in [-0.15, -0.1) is 11.3 Å². The Morgan fingerprint density at radius 3 is 2.65 bits per heavy atom. The fourth-order valence-corrected chi connectivity index (χ4v) is 4.64. The lowest BCUT2D eigenvalue weighted by Crippen LogP contribution is -2.44. The van der Waals surface area contributed by atoms with Crippen molar-refractivity contribution in [3.8, 4) is 5.69 Å². The Balaban J connectivity index is 1.39. The lowest BCUT2D eigenvalue weighted by atomic mass is 10.2. The number of ether oxygens (including phenoxy) is 1. The van der Waals surface area contributed by atoms with Crippen LogP contribution in [0.15, 0.2) is 30.3 Å². The highest BCUT2D eigenvalue weighted by Gasteiger charge is 2.21. The number of carbonyl (C=O) groups is 3. The molecule has 0 aliphatic heterocycles. The Labute approximate surface area is 181 Å². The van der Waals surface area contributed by atoms with Crippen molar-refractivity contribution in [2.75, 3.05) is 6.61 Å². The van der Waals surface area contributed by atoms with E-state index in [1.807, 2.05) is 0 Å². The van der Waals surface area contributed by atoms with Crippen LogP contribution in [0.4, 0.5) is 9.18 Å². The molecule has 2 N–H and O–H groups in total. The number of aryl methyl sites for hydroxylation is 1. The molecule has 162 valence electrons. The zero-order valence-electron chi connectivity index (χ0n) is 16.8. The number of benzene rings is 1. The fourth-order valence-electron chi connectivity index (χ4n) is 3.56. The Hall–Kier alpha value is -3.27. The minimum absolute atomic E-state index is 0.0813. The molecule has 0 unspecified atom stereocenters. The first-order chi connectivity index (χ1) is 14.9. The van der Waals surface area contributed by atoms with Gasteiger partial charge in [-0.2, -0.15) is 5.10 Å². The third kappa shape index (κ3) is 4.74. The summed E-state index contributed by atoms with van der Waals surface area (Å²) in [6.07, 6.45) is 3.92. The molecule has 4 rings (SSSR count). The van der Waals surface area contributed by atoms with Crippen LogP contribution in [0.5, 0.6) is 0 Å². The maximum atomic E-state index is 13.2. The van der Waals surface area contributed by atoms with E-state index < -0.39 is 24.5 Å². The lowest BCUT2D eigenvalue weighted by molar-refractivity contribution is -0.123. The number of thiophene rings is 1. The molecule has 2 heterocycles. The van der Waals surface area contributed by atoms with Crippen LogP contribution in [-0.2, 0) is 9.53 Å². The lowest BCUT2D eigenvalue weighted by Gasteiger charge is -2.12. The number of fused-ring (bicyclic) bond motifs is 1. The summed E-state index contributed by atoms with van der Waals surface area (Å²) >= 11 is 1.16. The maximum Gasteiger partial charge on any atom is 0.348 e. The van der Waals surface area contributed by atoms with E-state index in [0.29, 0.717) is 21.1 Å². The van der Waals surface area contributed by atoms with Gasteiger partial charge in [0.15, 0.2) is 6.61 Å². The molecule has 0 bridgehead atoms. The molecular formula is C21H21FN4O4S. The highest BCUT2D eigenvalue weighted by atomic mass is 32.1. The van der Waals surface area contributed by atoms with E-state index in [2.05, 4.69) is 15.7 Å². The van der Waals surface area contributed by atoms with Crippen molar-refractivity contribution in [3.05, 3.63) is 46.7 Å². The predicted octanol–water partition coefficient (Wildman–Crippen LogP) is 3.46. The fraction of sp³-hybridized carbons (Fsp3) is 0.333. The van der Waals surface area contributed by atoms with Crippen LogP contribution in [0.3, 0.4) is 0 Å². The van der Waals surface area contributed by atoms with E-state index in [1.54, 1.807) is 29.8 Å². The Bertz CT molecular complexity index is 1130. The number of imide groups is 1. The molecule has 2 aromatic heterocycles. The Kier molecular flexibility index (Phi) is 5.99. The van der Waals surface area contributed by atoms with Gasteiger partial charge >= 0.3 is 12.0 Å². The van der Waals surface area contributed by atoms with Crippen molar-refractivity contribution in [3.63, 3.8) is 0 Å². The van der Waals surface area contributed by atoms with E-state index in [9.17, 15) is 18.8 Å². The number of esters is 1. The number of nitrogens with zero attached hydrogens (tertiary/aromatic N) is 2. The quantitative estimate of drug-likeness (QED) is 0.587. The van der Waals surface area contributed by atoms with Gasteiger partial charge in [0, 0.05) is 11.4 Å². The largest absolute Gasteiger partial charge is 0.451 e. The number of hydrogen-bond acceptors (Lipinski definition) is 6. The molecule has 1 aliphatic rings. The molecule has 1 fully saturated rings. The maximum absolute atomic E-state index is 13.2. The van der Waals surface area contributed by atoms with E-state index in [4.69, 9.17) is 4.74 Å². The normalized spacial score (nSPS) is 14.0. The van der Waals surface area contributed by atoms with Crippen molar-refractivity contribution >= 4 is 39.5 Å². The third-order valence-corrected chi connectivity index (χ3v) is 6.19. The molecule has 0 radical (unpaired) electrons. The summed E-state index contributed by atoms with van der Waals surface area (Å²) < 4.78 is 19.9. The van der Waals surface area contributed by atoms with Crippen LogP contribution in [-0.4, -0.2) is 40.3 Å². The molecule has 0 atom stereocenters. The first-order valence-corrected chi connectivity index (χ1v) is 10.7. The summed E-state index contributed by atoms with van der Waals surface area (Å²) in [5, 5.41) is 10.1. The molecule has 10 heteroatoms. The van der Waals surface area contributed by atoms with Crippen molar-refractivity contribution in [1.82, 2.24) is 20.4 Å². The van der Waals surface area contributed by atoms with Gasteiger partial charge in [-0.25, -0.2) is 18.7 Å². The number of hydrogen-bond donors (Lipinski definition) is 2. The Morgan fingerprint density at radius 2 is 1.94 bits per heavy atom. The minimum Gasteiger partial charge on any atom is -0.451 e. The molecule has 0 saturated heterocycles. The number of carbonyl (C=O) groups excluding carboxylic acids is 3. The second-order valence-corrected chi connectivity index (χ2v) is 8.41. The second kappa shape index (κ2) is 8.84. The van der Waals surface area contributed by atoms with Crippen LogP contribution in [0.25, 0.3) is 15.9 Å². The van der Waals surface area contributed by atoms with Crippen LogP contribution < -0.4 is 10.6 Å². The zero-order chi connectivity index (χ0) is 22.0. The van der Waals surface area contributed by atoms with Crippen LogP contribution in [0, 0.1) is 12.7 Å². The molecule has 1 saturated carbocycles. The smallest absolute Gasteiger partial charge is 0.348 e. The van der Waals surface area contributed by atoms with Gasteiger partial charge in [0.2, 0.25) is 0 Å². The van der Waals surface area contributed by atoms with Gasteiger partial charge in [-0.1, -0.05) is 12.8 Å². The van der Waals surface area contributed by atoms with Crippen molar-refractivity contribution in [2.24, 2.45) is 0 Å². The number of rotatable bonds is 5. The first-order valence-electron chi connectivity index (χ1n) is 9.93. The molecule has 31 heavy (non-hydrogen) atoms. The number of nitrogens with one attached hydrogen (secondary N) is 2. The highest BCUT2D eigenvalue weighted by molar-refractivity contribution is 7.20. The molecule has 1 aliphatic carbocycles. The SMILES string of the molecule is Cc1nn(-c2ccc(F)cc2)c2sc(C(=O)OCC(=O)NC(=O)NC3CCCC3)cc12. The highest BCUT2D eigenvalue weighted by Crippen LogP contribution is 2.30. The van der Waals surface area contributed by atoms with Gasteiger partial charge in [-0.05, 0) is 50.1 Å². The van der Waals surface area contributed by atoms with E-state index >= 15 is 0 Å². The van der Waals surface area contributed by atoms with Crippen molar-refractivity contribution in [2.45, 2.75) is 38.6 Å². The first kappa shape index (κ1) is 21.0. The zero-order valence-corrected chi connectivity index (χ0v) is 17.6. The number of halogens is 1. The van der Waals surface area contributed by atoms with Gasteiger partial charge in [0.05, 0.1) is 11.4 Å². The van der Waals surface area contributed by atoms with Crippen LogP contribution >= 0.6 is 11.3 Å². The standard InChI is InChI=1S/C21H21FN4O4S/c1-12-16-10-17(31-19(16)26(25-12)15-8-6-13(22)7-9-15)20(28)30-11-18(27)24-21(29)23-14-4-2-3-5-14/h6-10,14H,2-5,11H2,1H3,(H2,23,24,27,29). The van der Waals surface area contributed by atoms with Crippen molar-refractivity contribution in [1.29, 1.82) is 0 Å². The predicted molar refractivity (Wildman–Crippen MR) is 113 cm³/mol.